The van der Waals surface area contributed by atoms with Gasteiger partial charge < -0.3 is 9.31 Å². The van der Waals surface area contributed by atoms with Crippen LogP contribution in [0.25, 0.3) is 0 Å². The molecule has 0 radical (unpaired) electrons. The summed E-state index contributed by atoms with van der Waals surface area (Å²) in [6.45, 7) is 10.7. The Bertz CT molecular complexity index is 832. The van der Waals surface area contributed by atoms with Crippen LogP contribution in [-0.4, -0.2) is 36.7 Å². The maximum atomic E-state index is 13.8. The van der Waals surface area contributed by atoms with E-state index in [1.54, 1.807) is 0 Å². The molecule has 5 aliphatic rings. The van der Waals surface area contributed by atoms with Gasteiger partial charge in [-0.15, -0.1) is 0 Å². The second kappa shape index (κ2) is 6.76. The van der Waals surface area contributed by atoms with Crippen molar-refractivity contribution in [2.45, 2.75) is 96.9 Å². The lowest BCUT2D eigenvalue weighted by atomic mass is 9.43. The van der Waals surface area contributed by atoms with Crippen molar-refractivity contribution in [1.82, 2.24) is 0 Å². The van der Waals surface area contributed by atoms with Crippen molar-refractivity contribution < 1.29 is 23.7 Å². The first kappa shape index (κ1) is 21.8. The van der Waals surface area contributed by atoms with Crippen LogP contribution >= 0.6 is 0 Å². The summed E-state index contributed by atoms with van der Waals surface area (Å²) >= 11 is 0. The first-order valence-corrected chi connectivity index (χ1v) is 12.3. The van der Waals surface area contributed by atoms with E-state index in [1.165, 1.54) is 0 Å². The van der Waals surface area contributed by atoms with Crippen molar-refractivity contribution in [3.05, 3.63) is 0 Å². The molecule has 0 amide bonds. The molecule has 5 rings (SSSR count). The molecule has 6 heteroatoms. The minimum absolute atomic E-state index is 0.0208. The summed E-state index contributed by atoms with van der Waals surface area (Å²) in [5, 5.41) is -0.233. The van der Waals surface area contributed by atoms with Crippen LogP contribution in [0.1, 0.15) is 86.0 Å². The molecule has 0 N–H and O–H groups in total. The molecule has 0 bridgehead atoms. The summed E-state index contributed by atoms with van der Waals surface area (Å²) in [7, 11) is -0.439. The topological polar surface area (TPSA) is 69.7 Å². The zero-order valence-electron chi connectivity index (χ0n) is 19.8. The molecular weight excluding hydrogens is 391 g/mol. The fourth-order valence-corrected chi connectivity index (χ4v) is 8.48. The SMILES string of the molecule is CC(C)(C)B1OCC(=O)C2(CCC3C4CCC5CC(=O)CCC5(C)C4C(=O)CC32C)O1. The molecule has 1 spiro atoms. The predicted octanol–water partition coefficient (Wildman–Crippen LogP) is 4.42. The standard InChI is InChI=1S/C25H37BO5/c1-22(2,3)26-30-14-20(29)25(31-26)11-9-18-17-7-6-15-12-16(27)8-10-23(15,4)21(17)19(28)13-24(18,25)5/h15,17-18,21H,6-14H2,1-5H3. The highest BCUT2D eigenvalue weighted by Gasteiger charge is 2.71. The van der Waals surface area contributed by atoms with Crippen molar-refractivity contribution in [3.63, 3.8) is 0 Å². The van der Waals surface area contributed by atoms with Gasteiger partial charge in [0.2, 0.25) is 0 Å². The van der Waals surface area contributed by atoms with Crippen LogP contribution in [0.4, 0.5) is 0 Å². The molecule has 1 heterocycles. The molecule has 7 atom stereocenters. The molecule has 170 valence electrons. The Hall–Kier alpha value is -1.01. The third kappa shape index (κ3) is 2.86. The molecule has 0 aromatic carbocycles. The predicted molar refractivity (Wildman–Crippen MR) is 117 cm³/mol. The van der Waals surface area contributed by atoms with Gasteiger partial charge in [-0.2, -0.15) is 0 Å². The van der Waals surface area contributed by atoms with Crippen LogP contribution in [0.3, 0.4) is 0 Å². The van der Waals surface area contributed by atoms with Gasteiger partial charge in [0.15, 0.2) is 5.78 Å². The van der Waals surface area contributed by atoms with Crippen molar-refractivity contribution in [2.24, 2.45) is 34.5 Å². The van der Waals surface area contributed by atoms with Gasteiger partial charge >= 0.3 is 7.12 Å². The van der Waals surface area contributed by atoms with E-state index in [4.69, 9.17) is 9.31 Å². The van der Waals surface area contributed by atoms with Crippen molar-refractivity contribution >= 4 is 24.5 Å². The maximum Gasteiger partial charge on any atom is 0.463 e. The molecule has 1 aliphatic heterocycles. The highest BCUT2D eigenvalue weighted by molar-refractivity contribution is 6.49. The monoisotopic (exact) mass is 428 g/mol. The van der Waals surface area contributed by atoms with Crippen molar-refractivity contribution in [3.8, 4) is 0 Å². The molecule has 0 aromatic rings. The van der Waals surface area contributed by atoms with Gasteiger partial charge in [-0.1, -0.05) is 34.6 Å². The molecule has 4 saturated carbocycles. The lowest BCUT2D eigenvalue weighted by Crippen LogP contribution is -2.66. The van der Waals surface area contributed by atoms with Crippen LogP contribution in [0, 0.1) is 34.5 Å². The Morgan fingerprint density at radius 3 is 2.48 bits per heavy atom. The van der Waals surface area contributed by atoms with E-state index in [0.29, 0.717) is 55.0 Å². The summed E-state index contributed by atoms with van der Waals surface area (Å²) in [5.41, 5.74) is -1.45. The molecule has 4 aliphatic carbocycles. The highest BCUT2D eigenvalue weighted by Crippen LogP contribution is 2.68. The summed E-state index contributed by atoms with van der Waals surface area (Å²) in [6, 6.07) is 0. The normalized spacial score (nSPS) is 47.9. The number of hydrogen-bond donors (Lipinski definition) is 0. The Kier molecular flexibility index (Phi) is 4.76. The van der Waals surface area contributed by atoms with E-state index < -0.39 is 18.1 Å². The van der Waals surface area contributed by atoms with Crippen LogP contribution in [-0.2, 0) is 23.7 Å². The number of carbonyl (C=O) groups excluding carboxylic acids is 3. The van der Waals surface area contributed by atoms with E-state index in [1.807, 2.05) is 0 Å². The first-order chi connectivity index (χ1) is 14.4. The molecule has 5 nitrogen and oxygen atoms in total. The van der Waals surface area contributed by atoms with Gasteiger partial charge in [0, 0.05) is 30.6 Å². The third-order valence-corrected chi connectivity index (χ3v) is 10.1. The van der Waals surface area contributed by atoms with E-state index in [9.17, 15) is 14.4 Å². The minimum Gasteiger partial charge on any atom is -0.403 e. The lowest BCUT2D eigenvalue weighted by Gasteiger charge is -2.60. The van der Waals surface area contributed by atoms with Crippen LogP contribution in [0.15, 0.2) is 0 Å². The Balaban J connectivity index is 1.51. The summed E-state index contributed by atoms with van der Waals surface area (Å²) in [6.07, 6.45) is 6.16. The quantitative estimate of drug-likeness (QED) is 0.535. The Morgan fingerprint density at radius 1 is 1.03 bits per heavy atom. The molecule has 7 unspecified atom stereocenters. The second-order valence-corrected chi connectivity index (χ2v) is 12.7. The van der Waals surface area contributed by atoms with Crippen LogP contribution in [0.5, 0.6) is 0 Å². The molecule has 5 fully saturated rings. The van der Waals surface area contributed by atoms with Gasteiger partial charge in [-0.3, -0.25) is 14.4 Å². The van der Waals surface area contributed by atoms with E-state index >= 15 is 0 Å². The minimum atomic E-state index is -0.908. The van der Waals surface area contributed by atoms with Gasteiger partial charge in [-0.25, -0.2) is 0 Å². The molecular formula is C25H37BO5. The van der Waals surface area contributed by atoms with Gasteiger partial charge in [-0.05, 0) is 60.6 Å². The van der Waals surface area contributed by atoms with Crippen LogP contribution < -0.4 is 0 Å². The summed E-state index contributed by atoms with van der Waals surface area (Å²) in [4.78, 5) is 39.3. The van der Waals surface area contributed by atoms with Gasteiger partial charge in [0.05, 0.1) is 6.61 Å². The number of carbonyl (C=O) groups is 3. The molecule has 1 saturated heterocycles. The fourth-order valence-electron chi connectivity index (χ4n) is 8.48. The fraction of sp³-hybridized carbons (Fsp3) is 0.880. The van der Waals surface area contributed by atoms with E-state index in [2.05, 4.69) is 34.6 Å². The summed E-state index contributed by atoms with van der Waals surface area (Å²) < 4.78 is 12.4. The Labute approximate surface area is 186 Å². The largest absolute Gasteiger partial charge is 0.463 e. The van der Waals surface area contributed by atoms with Crippen molar-refractivity contribution in [1.29, 1.82) is 0 Å². The average molecular weight is 428 g/mol. The highest BCUT2D eigenvalue weighted by atomic mass is 16.6. The molecule has 0 aromatic heterocycles. The number of hydrogen-bond acceptors (Lipinski definition) is 5. The van der Waals surface area contributed by atoms with Crippen LogP contribution in [0.2, 0.25) is 5.31 Å². The maximum absolute atomic E-state index is 13.8. The second-order valence-electron chi connectivity index (χ2n) is 12.7. The average Bonchev–Trinajstić information content (AvgIpc) is 2.96. The van der Waals surface area contributed by atoms with E-state index in [-0.39, 0.29) is 29.0 Å². The first-order valence-electron chi connectivity index (χ1n) is 12.3. The van der Waals surface area contributed by atoms with E-state index in [0.717, 1.165) is 25.7 Å². The molecule has 31 heavy (non-hydrogen) atoms. The third-order valence-electron chi connectivity index (χ3n) is 10.1. The van der Waals surface area contributed by atoms with Crippen molar-refractivity contribution in [2.75, 3.05) is 6.61 Å². The van der Waals surface area contributed by atoms with Gasteiger partial charge in [0.1, 0.15) is 17.2 Å². The number of fused-ring (bicyclic) bond motifs is 6. The smallest absolute Gasteiger partial charge is 0.403 e. The zero-order valence-corrected chi connectivity index (χ0v) is 19.8. The Morgan fingerprint density at radius 2 is 1.77 bits per heavy atom. The lowest BCUT2D eigenvalue weighted by molar-refractivity contribution is -0.181. The number of Topliss-reactive ketones (excluding diaryl/α,β-unsaturated/α-hetero) is 3. The van der Waals surface area contributed by atoms with Gasteiger partial charge in [0.25, 0.3) is 0 Å². The number of ketones is 3. The summed E-state index contributed by atoms with van der Waals surface area (Å²) in [5.74, 6) is 1.67. The number of rotatable bonds is 0. The zero-order chi connectivity index (χ0) is 22.4.